The second-order valence-corrected chi connectivity index (χ2v) is 5.69. The van der Waals surface area contributed by atoms with Crippen LogP contribution >= 0.6 is 0 Å². The fraction of sp³-hybridized carbons (Fsp3) is 0.250. The van der Waals surface area contributed by atoms with Gasteiger partial charge in [0.1, 0.15) is 17.1 Å². The number of methoxy groups -OCH3 is 2. The van der Waals surface area contributed by atoms with Crippen molar-refractivity contribution in [3.05, 3.63) is 58.7 Å². The van der Waals surface area contributed by atoms with Gasteiger partial charge < -0.3 is 14.6 Å². The van der Waals surface area contributed by atoms with Gasteiger partial charge in [-0.15, -0.1) is 0 Å². The van der Waals surface area contributed by atoms with Gasteiger partial charge in [0.2, 0.25) is 0 Å². The maximum atomic E-state index is 11.8. The Morgan fingerprint density at radius 1 is 1.08 bits per heavy atom. The molecule has 0 amide bonds. The van der Waals surface area contributed by atoms with Gasteiger partial charge >= 0.3 is 5.97 Å². The van der Waals surface area contributed by atoms with Crippen molar-refractivity contribution in [2.75, 3.05) is 14.2 Å². The Morgan fingerprint density at radius 2 is 1.75 bits per heavy atom. The molecule has 0 unspecified atom stereocenters. The first kappa shape index (κ1) is 17.6. The van der Waals surface area contributed by atoms with Crippen molar-refractivity contribution in [3.8, 4) is 11.5 Å². The van der Waals surface area contributed by atoms with E-state index in [-0.39, 0.29) is 11.5 Å². The number of carboxylic acids is 1. The number of ether oxygens (including phenoxy) is 2. The molecule has 0 saturated carbocycles. The summed E-state index contributed by atoms with van der Waals surface area (Å²) in [5.74, 6) is 0.0217. The van der Waals surface area contributed by atoms with E-state index in [9.17, 15) is 9.90 Å². The van der Waals surface area contributed by atoms with Crippen molar-refractivity contribution in [2.24, 2.45) is 0 Å². The van der Waals surface area contributed by atoms with Crippen molar-refractivity contribution in [3.63, 3.8) is 0 Å². The van der Waals surface area contributed by atoms with Crippen LogP contribution in [0.25, 0.3) is 12.2 Å². The summed E-state index contributed by atoms with van der Waals surface area (Å²) in [7, 11) is 3.06. The van der Waals surface area contributed by atoms with Crippen LogP contribution in [0, 0.1) is 0 Å². The molecule has 126 valence electrons. The maximum absolute atomic E-state index is 11.8. The van der Waals surface area contributed by atoms with Gasteiger partial charge in [0, 0.05) is 5.56 Å². The predicted octanol–water partition coefficient (Wildman–Crippen LogP) is 4.70. The minimum Gasteiger partial charge on any atom is -0.496 e. The fourth-order valence-electron chi connectivity index (χ4n) is 2.70. The topological polar surface area (TPSA) is 55.8 Å². The number of rotatable bonds is 6. The minimum atomic E-state index is -1.02. The molecular formula is C20H22O4. The molecule has 0 aliphatic carbocycles. The molecule has 1 N–H and O–H groups in total. The number of carbonyl (C=O) groups is 1. The molecule has 0 spiro atoms. The molecule has 0 atom stereocenters. The highest BCUT2D eigenvalue weighted by molar-refractivity contribution is 5.97. The van der Waals surface area contributed by atoms with Crippen molar-refractivity contribution < 1.29 is 19.4 Å². The fourth-order valence-corrected chi connectivity index (χ4v) is 2.70. The second kappa shape index (κ2) is 7.68. The van der Waals surface area contributed by atoms with Crippen LogP contribution in [0.1, 0.15) is 46.8 Å². The van der Waals surface area contributed by atoms with Crippen LogP contribution in [0.2, 0.25) is 0 Å². The summed E-state index contributed by atoms with van der Waals surface area (Å²) in [6.07, 6.45) is 3.64. The summed E-state index contributed by atoms with van der Waals surface area (Å²) in [6.45, 7) is 3.96. The third-order valence-corrected chi connectivity index (χ3v) is 3.78. The largest absolute Gasteiger partial charge is 0.496 e. The van der Waals surface area contributed by atoms with Crippen LogP contribution in [0.3, 0.4) is 0 Å². The molecule has 2 rings (SSSR count). The van der Waals surface area contributed by atoms with Crippen LogP contribution in [-0.4, -0.2) is 25.3 Å². The normalized spacial score (nSPS) is 11.0. The van der Waals surface area contributed by atoms with Crippen LogP contribution in [-0.2, 0) is 0 Å². The third kappa shape index (κ3) is 3.59. The first-order valence-electron chi connectivity index (χ1n) is 7.74. The van der Waals surface area contributed by atoms with E-state index in [1.54, 1.807) is 19.3 Å². The van der Waals surface area contributed by atoms with Crippen LogP contribution in [0.4, 0.5) is 0 Å². The van der Waals surface area contributed by atoms with Crippen molar-refractivity contribution in [1.82, 2.24) is 0 Å². The van der Waals surface area contributed by atoms with Crippen molar-refractivity contribution >= 4 is 18.1 Å². The van der Waals surface area contributed by atoms with Gasteiger partial charge in [-0.1, -0.05) is 56.3 Å². The van der Waals surface area contributed by atoms with Crippen molar-refractivity contribution in [1.29, 1.82) is 0 Å². The molecule has 0 saturated heterocycles. The minimum absolute atomic E-state index is 0.0696. The van der Waals surface area contributed by atoms with E-state index in [0.29, 0.717) is 17.1 Å². The van der Waals surface area contributed by atoms with Crippen LogP contribution < -0.4 is 9.47 Å². The Balaban J connectivity index is 2.66. The Morgan fingerprint density at radius 3 is 2.25 bits per heavy atom. The molecule has 0 aromatic heterocycles. The van der Waals surface area contributed by atoms with E-state index in [2.05, 4.69) is 0 Å². The second-order valence-electron chi connectivity index (χ2n) is 5.69. The SMILES string of the molecule is COc1cc(C=Cc2ccccc2)c(C(=O)O)c(OC)c1C(C)C. The molecular weight excluding hydrogens is 304 g/mol. The van der Waals surface area contributed by atoms with E-state index in [1.165, 1.54) is 7.11 Å². The number of hydrogen-bond donors (Lipinski definition) is 1. The van der Waals surface area contributed by atoms with Crippen LogP contribution in [0.15, 0.2) is 36.4 Å². The lowest BCUT2D eigenvalue weighted by Gasteiger charge is -2.19. The van der Waals surface area contributed by atoms with E-state index >= 15 is 0 Å². The summed E-state index contributed by atoms with van der Waals surface area (Å²) in [4.78, 5) is 11.8. The third-order valence-electron chi connectivity index (χ3n) is 3.78. The Hall–Kier alpha value is -2.75. The first-order valence-corrected chi connectivity index (χ1v) is 7.74. The van der Waals surface area contributed by atoms with E-state index in [0.717, 1.165) is 11.1 Å². The molecule has 0 aliphatic heterocycles. The maximum Gasteiger partial charge on any atom is 0.340 e. The monoisotopic (exact) mass is 326 g/mol. The summed E-state index contributed by atoms with van der Waals surface area (Å²) in [5.41, 5.74) is 2.44. The lowest BCUT2D eigenvalue weighted by molar-refractivity contribution is 0.0693. The lowest BCUT2D eigenvalue weighted by Crippen LogP contribution is -2.09. The highest BCUT2D eigenvalue weighted by atomic mass is 16.5. The summed E-state index contributed by atoms with van der Waals surface area (Å²) < 4.78 is 10.9. The van der Waals surface area contributed by atoms with Gasteiger partial charge in [-0.25, -0.2) is 4.79 Å². The average Bonchev–Trinajstić information content (AvgIpc) is 2.58. The molecule has 4 heteroatoms. The summed E-state index contributed by atoms with van der Waals surface area (Å²) >= 11 is 0. The Bertz CT molecular complexity index is 746. The standard InChI is InChI=1S/C20H22O4/c1-13(2)17-16(23-3)12-15(18(20(21)22)19(17)24-4)11-10-14-8-6-5-7-9-14/h5-13H,1-4H3,(H,21,22). The van der Waals surface area contributed by atoms with Gasteiger partial charge in [0.15, 0.2) is 0 Å². The molecule has 0 bridgehead atoms. The smallest absolute Gasteiger partial charge is 0.340 e. The molecule has 0 fully saturated rings. The lowest BCUT2D eigenvalue weighted by atomic mass is 9.93. The van der Waals surface area contributed by atoms with E-state index in [1.807, 2.05) is 50.3 Å². The highest BCUT2D eigenvalue weighted by Crippen LogP contribution is 2.40. The van der Waals surface area contributed by atoms with E-state index in [4.69, 9.17) is 9.47 Å². The van der Waals surface area contributed by atoms with Gasteiger partial charge in [-0.05, 0) is 23.1 Å². The Kier molecular flexibility index (Phi) is 5.64. The zero-order valence-electron chi connectivity index (χ0n) is 14.4. The van der Waals surface area contributed by atoms with Gasteiger partial charge in [0.05, 0.1) is 14.2 Å². The molecule has 0 aliphatic rings. The zero-order valence-corrected chi connectivity index (χ0v) is 14.4. The number of benzene rings is 2. The summed E-state index contributed by atoms with van der Waals surface area (Å²) in [5, 5.41) is 9.69. The first-order chi connectivity index (χ1) is 11.5. The average molecular weight is 326 g/mol. The molecule has 0 radical (unpaired) electrons. The summed E-state index contributed by atoms with van der Waals surface area (Å²) in [6, 6.07) is 11.5. The molecule has 4 nitrogen and oxygen atoms in total. The van der Waals surface area contributed by atoms with Crippen LogP contribution in [0.5, 0.6) is 11.5 Å². The van der Waals surface area contributed by atoms with Gasteiger partial charge in [0.25, 0.3) is 0 Å². The quantitative estimate of drug-likeness (QED) is 0.782. The highest BCUT2D eigenvalue weighted by Gasteiger charge is 2.24. The van der Waals surface area contributed by atoms with Gasteiger partial charge in [-0.3, -0.25) is 0 Å². The Labute approximate surface area is 142 Å². The predicted molar refractivity (Wildman–Crippen MR) is 96.0 cm³/mol. The zero-order chi connectivity index (χ0) is 17.7. The van der Waals surface area contributed by atoms with Crippen molar-refractivity contribution in [2.45, 2.75) is 19.8 Å². The number of carboxylic acid groups (broad SMARTS) is 1. The molecule has 24 heavy (non-hydrogen) atoms. The van der Waals surface area contributed by atoms with Gasteiger partial charge in [-0.2, -0.15) is 0 Å². The number of hydrogen-bond acceptors (Lipinski definition) is 3. The molecule has 0 heterocycles. The number of aromatic carboxylic acids is 1. The molecule has 2 aromatic rings. The van der Waals surface area contributed by atoms with E-state index < -0.39 is 5.97 Å². The molecule has 2 aromatic carbocycles.